The highest BCUT2D eigenvalue weighted by Crippen LogP contribution is 2.31. The van der Waals surface area contributed by atoms with Gasteiger partial charge in [-0.25, -0.2) is 0 Å². The summed E-state index contributed by atoms with van der Waals surface area (Å²) in [5.41, 5.74) is 2.80. The molecule has 3 aromatic carbocycles. The Hall–Kier alpha value is -2.62. The third kappa shape index (κ3) is 6.96. The van der Waals surface area contributed by atoms with Gasteiger partial charge in [0.1, 0.15) is 30.5 Å². The molecule has 3 aromatic rings. The molecule has 0 spiro atoms. The molecular formula is C28H32O7. The molecule has 1 heterocycles. The van der Waals surface area contributed by atoms with Crippen molar-refractivity contribution in [1.82, 2.24) is 0 Å². The summed E-state index contributed by atoms with van der Waals surface area (Å²) in [5.74, 6) is 0. The normalized spacial score (nSPS) is 25.3. The van der Waals surface area contributed by atoms with Gasteiger partial charge >= 0.3 is 0 Å². The first-order valence-electron chi connectivity index (χ1n) is 11.7. The number of hydrogen-bond acceptors (Lipinski definition) is 7. The molecule has 0 amide bonds. The molecule has 3 N–H and O–H groups in total. The SMILES string of the molecule is OC[C@@H](O)[C@H]1O[C@H](O)[C@H](OCc2ccccc2)[C@@H](OCc2ccccc2)[C@@H]1OCc1ccccc1. The van der Waals surface area contributed by atoms with Crippen LogP contribution in [0.2, 0.25) is 0 Å². The molecule has 186 valence electrons. The van der Waals surface area contributed by atoms with Crippen LogP contribution in [-0.4, -0.2) is 58.7 Å². The minimum atomic E-state index is -1.39. The fraction of sp³-hybridized carbons (Fsp3) is 0.357. The van der Waals surface area contributed by atoms with Crippen molar-refractivity contribution < 1.29 is 34.3 Å². The fourth-order valence-corrected chi connectivity index (χ4v) is 4.12. The molecule has 1 saturated heterocycles. The van der Waals surface area contributed by atoms with E-state index < -0.39 is 43.4 Å². The summed E-state index contributed by atoms with van der Waals surface area (Å²) in [5, 5.41) is 31.0. The molecule has 0 aliphatic carbocycles. The zero-order valence-corrected chi connectivity index (χ0v) is 19.4. The molecule has 7 heteroatoms. The summed E-state index contributed by atoms with van der Waals surface area (Å²) in [7, 11) is 0. The van der Waals surface area contributed by atoms with E-state index in [1.807, 2.05) is 91.0 Å². The maximum Gasteiger partial charge on any atom is 0.184 e. The van der Waals surface area contributed by atoms with E-state index in [4.69, 9.17) is 18.9 Å². The van der Waals surface area contributed by atoms with Crippen LogP contribution in [0, 0.1) is 0 Å². The minimum Gasteiger partial charge on any atom is -0.394 e. The van der Waals surface area contributed by atoms with Gasteiger partial charge in [0.2, 0.25) is 0 Å². The van der Waals surface area contributed by atoms with E-state index in [9.17, 15) is 15.3 Å². The molecule has 1 aliphatic rings. The number of hydrogen-bond donors (Lipinski definition) is 3. The smallest absolute Gasteiger partial charge is 0.184 e. The molecule has 4 rings (SSSR count). The summed E-state index contributed by atoms with van der Waals surface area (Å²) >= 11 is 0. The Kier molecular flexibility index (Phi) is 9.39. The molecule has 0 aromatic heterocycles. The summed E-state index contributed by atoms with van der Waals surface area (Å²) in [6.07, 6.45) is -6.16. The van der Waals surface area contributed by atoms with Crippen LogP contribution >= 0.6 is 0 Å². The van der Waals surface area contributed by atoms with E-state index in [0.29, 0.717) is 0 Å². The van der Waals surface area contributed by atoms with Crippen molar-refractivity contribution in [3.63, 3.8) is 0 Å². The van der Waals surface area contributed by atoms with Crippen LogP contribution in [0.3, 0.4) is 0 Å². The highest BCUT2D eigenvalue weighted by Gasteiger charge is 2.50. The first-order valence-corrected chi connectivity index (χ1v) is 11.7. The second-order valence-corrected chi connectivity index (χ2v) is 8.52. The maximum absolute atomic E-state index is 10.9. The van der Waals surface area contributed by atoms with Crippen LogP contribution in [0.4, 0.5) is 0 Å². The standard InChI is InChI=1S/C28H32O7/c29-16-23(30)24-25(32-17-20-10-4-1-5-11-20)26(33-18-21-12-6-2-7-13-21)27(28(31)35-24)34-19-22-14-8-3-9-15-22/h1-15,23-31H,16-19H2/t23-,24-,25-,26+,27-,28+/m1/s1. The van der Waals surface area contributed by atoms with Crippen molar-refractivity contribution in [2.45, 2.75) is 56.6 Å². The second-order valence-electron chi connectivity index (χ2n) is 8.52. The highest BCUT2D eigenvalue weighted by molar-refractivity contribution is 5.15. The van der Waals surface area contributed by atoms with E-state index in [1.54, 1.807) is 0 Å². The van der Waals surface area contributed by atoms with Gasteiger partial charge in [0, 0.05) is 0 Å². The predicted molar refractivity (Wildman–Crippen MR) is 129 cm³/mol. The second kappa shape index (κ2) is 12.9. The molecular weight excluding hydrogens is 448 g/mol. The van der Waals surface area contributed by atoms with Gasteiger partial charge in [-0.3, -0.25) is 0 Å². The lowest BCUT2D eigenvalue weighted by Crippen LogP contribution is -2.63. The van der Waals surface area contributed by atoms with Gasteiger partial charge in [0.25, 0.3) is 0 Å². The Balaban J connectivity index is 1.58. The Bertz CT molecular complexity index is 986. The number of ether oxygens (including phenoxy) is 4. The average molecular weight is 481 g/mol. The number of aliphatic hydroxyl groups is 3. The fourth-order valence-electron chi connectivity index (χ4n) is 4.12. The largest absolute Gasteiger partial charge is 0.394 e. The lowest BCUT2D eigenvalue weighted by Gasteiger charge is -2.45. The number of benzene rings is 3. The molecule has 6 atom stereocenters. The van der Waals surface area contributed by atoms with E-state index in [1.165, 1.54) is 0 Å². The van der Waals surface area contributed by atoms with Gasteiger partial charge in [-0.1, -0.05) is 91.0 Å². The summed E-state index contributed by atoms with van der Waals surface area (Å²) in [6, 6.07) is 28.8. The molecule has 35 heavy (non-hydrogen) atoms. The van der Waals surface area contributed by atoms with E-state index >= 15 is 0 Å². The Labute approximate surface area is 205 Å². The van der Waals surface area contributed by atoms with Crippen molar-refractivity contribution in [1.29, 1.82) is 0 Å². The van der Waals surface area contributed by atoms with Crippen molar-refractivity contribution in [3.8, 4) is 0 Å². The zero-order valence-electron chi connectivity index (χ0n) is 19.4. The average Bonchev–Trinajstić information content (AvgIpc) is 2.91. The van der Waals surface area contributed by atoms with E-state index in [-0.39, 0.29) is 19.8 Å². The van der Waals surface area contributed by atoms with Crippen LogP contribution in [0.15, 0.2) is 91.0 Å². The molecule has 0 bridgehead atoms. The van der Waals surface area contributed by atoms with Crippen molar-refractivity contribution in [2.75, 3.05) is 6.61 Å². The molecule has 0 saturated carbocycles. The third-order valence-corrected chi connectivity index (χ3v) is 5.97. The van der Waals surface area contributed by atoms with Crippen LogP contribution in [0.5, 0.6) is 0 Å². The lowest BCUT2D eigenvalue weighted by molar-refractivity contribution is -0.325. The molecule has 0 radical (unpaired) electrons. The highest BCUT2D eigenvalue weighted by atomic mass is 16.7. The van der Waals surface area contributed by atoms with Gasteiger partial charge in [-0.15, -0.1) is 0 Å². The quantitative estimate of drug-likeness (QED) is 0.388. The van der Waals surface area contributed by atoms with Crippen molar-refractivity contribution >= 4 is 0 Å². The van der Waals surface area contributed by atoms with Crippen LogP contribution in [0.1, 0.15) is 16.7 Å². The number of aliphatic hydroxyl groups excluding tert-OH is 3. The third-order valence-electron chi connectivity index (χ3n) is 5.97. The molecule has 1 aliphatic heterocycles. The van der Waals surface area contributed by atoms with Gasteiger partial charge in [-0.2, -0.15) is 0 Å². The Morgan fingerprint density at radius 3 is 1.46 bits per heavy atom. The van der Waals surface area contributed by atoms with Crippen LogP contribution in [-0.2, 0) is 38.8 Å². The molecule has 7 nitrogen and oxygen atoms in total. The monoisotopic (exact) mass is 480 g/mol. The first kappa shape index (κ1) is 25.5. The van der Waals surface area contributed by atoms with Gasteiger partial charge in [0.05, 0.1) is 26.4 Å². The van der Waals surface area contributed by atoms with Crippen LogP contribution < -0.4 is 0 Å². The van der Waals surface area contributed by atoms with Crippen LogP contribution in [0.25, 0.3) is 0 Å². The Morgan fingerprint density at radius 1 is 0.629 bits per heavy atom. The lowest BCUT2D eigenvalue weighted by atomic mass is 9.94. The van der Waals surface area contributed by atoms with E-state index in [2.05, 4.69) is 0 Å². The van der Waals surface area contributed by atoms with Gasteiger partial charge in [0.15, 0.2) is 6.29 Å². The Morgan fingerprint density at radius 2 is 1.03 bits per heavy atom. The van der Waals surface area contributed by atoms with E-state index in [0.717, 1.165) is 16.7 Å². The van der Waals surface area contributed by atoms with Gasteiger partial charge < -0.3 is 34.3 Å². The van der Waals surface area contributed by atoms with Crippen molar-refractivity contribution in [2.24, 2.45) is 0 Å². The first-order chi connectivity index (χ1) is 17.2. The summed E-state index contributed by atoms with van der Waals surface area (Å²) in [6.45, 7) is 0.159. The zero-order chi connectivity index (χ0) is 24.5. The summed E-state index contributed by atoms with van der Waals surface area (Å²) < 4.78 is 24.3. The van der Waals surface area contributed by atoms with Gasteiger partial charge in [-0.05, 0) is 16.7 Å². The maximum atomic E-state index is 10.9. The van der Waals surface area contributed by atoms with Crippen molar-refractivity contribution in [3.05, 3.63) is 108 Å². The predicted octanol–water partition coefficient (Wildman–Crippen LogP) is 2.81. The topological polar surface area (TPSA) is 97.6 Å². The molecule has 0 unspecified atom stereocenters. The minimum absolute atomic E-state index is 0.232. The summed E-state index contributed by atoms with van der Waals surface area (Å²) in [4.78, 5) is 0. The molecule has 1 fully saturated rings. The number of rotatable bonds is 11.